The van der Waals surface area contributed by atoms with E-state index in [1.807, 2.05) is 19.9 Å². The van der Waals surface area contributed by atoms with Crippen molar-refractivity contribution in [2.75, 3.05) is 29.6 Å². The molecule has 1 amide bonds. The third-order valence-corrected chi connectivity index (χ3v) is 5.36. The number of anilines is 2. The van der Waals surface area contributed by atoms with Crippen molar-refractivity contribution in [3.63, 3.8) is 0 Å². The van der Waals surface area contributed by atoms with Gasteiger partial charge in [-0.2, -0.15) is 0 Å². The molecular weight excluding hydrogens is 410 g/mol. The van der Waals surface area contributed by atoms with Crippen molar-refractivity contribution in [1.29, 1.82) is 0 Å². The van der Waals surface area contributed by atoms with Crippen LogP contribution in [0.3, 0.4) is 0 Å². The summed E-state index contributed by atoms with van der Waals surface area (Å²) in [7, 11) is -3.78. The van der Waals surface area contributed by atoms with Gasteiger partial charge in [0.25, 0.3) is 5.69 Å². The van der Waals surface area contributed by atoms with Crippen LogP contribution in [0.4, 0.5) is 28.4 Å². The second kappa shape index (κ2) is 9.44. The molecule has 0 aromatic heterocycles. The number of nitro benzene ring substituents is 1. The maximum atomic E-state index is 12.1. The molecule has 11 heteroatoms. The normalized spacial score (nSPS) is 11.5. The predicted molar refractivity (Wildman–Crippen MR) is 115 cm³/mol. The fraction of sp³-hybridized carbons (Fsp3) is 0.316. The summed E-state index contributed by atoms with van der Waals surface area (Å²) >= 11 is 0. The number of carbonyl (C=O) groups excluding carboxylic acids is 1. The van der Waals surface area contributed by atoms with Gasteiger partial charge in [0.1, 0.15) is 16.3 Å². The molecule has 10 nitrogen and oxygen atoms in total. The summed E-state index contributed by atoms with van der Waals surface area (Å²) < 4.78 is 24.1. The first-order chi connectivity index (χ1) is 14.1. The van der Waals surface area contributed by atoms with Gasteiger partial charge in [-0.1, -0.05) is 0 Å². The molecular formula is C19H23N5O5S. The molecule has 2 aromatic carbocycles. The summed E-state index contributed by atoms with van der Waals surface area (Å²) in [5.41, 5.74) is 1.22. The molecule has 0 radical (unpaired) electrons. The molecule has 30 heavy (non-hydrogen) atoms. The molecule has 0 spiro atoms. The number of nitro groups is 1. The monoisotopic (exact) mass is 433 g/mol. The molecule has 0 aliphatic heterocycles. The molecule has 0 saturated carbocycles. The minimum atomic E-state index is -3.78. The number of non-ortho nitro benzene ring substituents is 1. The fourth-order valence-corrected chi connectivity index (χ4v) is 3.61. The number of nitrogens with one attached hydrogen (secondary N) is 1. The average Bonchev–Trinajstić information content (AvgIpc) is 2.67. The van der Waals surface area contributed by atoms with Gasteiger partial charge in [-0.3, -0.25) is 14.9 Å². The van der Waals surface area contributed by atoms with Crippen molar-refractivity contribution in [2.24, 2.45) is 10.2 Å². The summed E-state index contributed by atoms with van der Waals surface area (Å²) in [5.74, 6) is -0.296. The summed E-state index contributed by atoms with van der Waals surface area (Å²) in [6.45, 7) is 6.94. The van der Waals surface area contributed by atoms with Crippen LogP contribution in [0.2, 0.25) is 0 Å². The maximum Gasteiger partial charge on any atom is 0.270 e. The van der Waals surface area contributed by atoms with Crippen molar-refractivity contribution in [3.05, 3.63) is 46.5 Å². The number of rotatable bonds is 8. The Hall–Kier alpha value is -3.34. The zero-order valence-corrected chi connectivity index (χ0v) is 17.9. The Bertz CT molecular complexity index is 1090. The zero-order valence-electron chi connectivity index (χ0n) is 17.1. The van der Waals surface area contributed by atoms with Crippen LogP contribution in [-0.4, -0.2) is 38.6 Å². The van der Waals surface area contributed by atoms with Gasteiger partial charge in [-0.15, -0.1) is 10.2 Å². The lowest BCUT2D eigenvalue weighted by atomic mass is 10.2. The number of carbonyl (C=O) groups is 1. The van der Waals surface area contributed by atoms with Crippen molar-refractivity contribution in [1.82, 2.24) is 0 Å². The van der Waals surface area contributed by atoms with Gasteiger partial charge >= 0.3 is 0 Å². The molecule has 1 N–H and O–H groups in total. The molecule has 160 valence electrons. The number of azo groups is 1. The highest BCUT2D eigenvalue weighted by molar-refractivity contribution is 7.90. The SMILES string of the molecule is CCN(CC)c1ccc(N=Nc2ccc([N+](=O)[O-])cc2S(C)(=O)=O)c(NC(C)=O)c1. The van der Waals surface area contributed by atoms with Crippen LogP contribution in [0.25, 0.3) is 0 Å². The van der Waals surface area contributed by atoms with Crippen LogP contribution in [-0.2, 0) is 14.6 Å². The molecule has 0 atom stereocenters. The minimum absolute atomic E-state index is 0.0373. The Morgan fingerprint density at radius 2 is 1.70 bits per heavy atom. The lowest BCUT2D eigenvalue weighted by molar-refractivity contribution is -0.385. The Balaban J connectivity index is 2.53. The first kappa shape index (κ1) is 22.9. The van der Waals surface area contributed by atoms with E-state index in [0.29, 0.717) is 11.4 Å². The highest BCUT2D eigenvalue weighted by Crippen LogP contribution is 2.34. The Morgan fingerprint density at radius 1 is 1.10 bits per heavy atom. The molecule has 0 aliphatic rings. The van der Waals surface area contributed by atoms with Crippen molar-refractivity contribution < 1.29 is 18.1 Å². The molecule has 0 unspecified atom stereocenters. The lowest BCUT2D eigenvalue weighted by Gasteiger charge is -2.22. The van der Waals surface area contributed by atoms with E-state index in [2.05, 4.69) is 20.4 Å². The van der Waals surface area contributed by atoms with E-state index >= 15 is 0 Å². The van der Waals surface area contributed by atoms with E-state index in [4.69, 9.17) is 0 Å². The van der Waals surface area contributed by atoms with Crippen molar-refractivity contribution in [2.45, 2.75) is 25.7 Å². The van der Waals surface area contributed by atoms with Crippen LogP contribution >= 0.6 is 0 Å². The first-order valence-electron chi connectivity index (χ1n) is 9.13. The van der Waals surface area contributed by atoms with Gasteiger partial charge in [0.05, 0.1) is 10.6 Å². The Kier molecular flexibility index (Phi) is 7.22. The summed E-state index contributed by atoms with van der Waals surface area (Å²) in [4.78, 5) is 23.7. The topological polar surface area (TPSA) is 134 Å². The van der Waals surface area contributed by atoms with Crippen LogP contribution in [0.15, 0.2) is 51.5 Å². The highest BCUT2D eigenvalue weighted by atomic mass is 32.2. The second-order valence-corrected chi connectivity index (χ2v) is 8.42. The van der Waals surface area contributed by atoms with Crippen LogP contribution in [0.1, 0.15) is 20.8 Å². The number of hydrogen-bond donors (Lipinski definition) is 1. The van der Waals surface area contributed by atoms with E-state index in [-0.39, 0.29) is 22.2 Å². The Labute approximate surface area is 174 Å². The molecule has 2 aromatic rings. The van der Waals surface area contributed by atoms with Crippen LogP contribution in [0, 0.1) is 10.1 Å². The van der Waals surface area contributed by atoms with E-state index in [0.717, 1.165) is 37.2 Å². The van der Waals surface area contributed by atoms with E-state index in [1.54, 1.807) is 12.1 Å². The van der Waals surface area contributed by atoms with Gasteiger partial charge < -0.3 is 10.2 Å². The van der Waals surface area contributed by atoms with E-state index in [1.165, 1.54) is 13.0 Å². The van der Waals surface area contributed by atoms with Gasteiger partial charge in [0.15, 0.2) is 9.84 Å². The summed E-state index contributed by atoms with van der Waals surface area (Å²) in [6.07, 6.45) is 0.937. The van der Waals surface area contributed by atoms with Gasteiger partial charge in [-0.05, 0) is 38.1 Å². The first-order valence-corrected chi connectivity index (χ1v) is 11.0. The van der Waals surface area contributed by atoms with Gasteiger partial charge in [0.2, 0.25) is 5.91 Å². The quantitative estimate of drug-likeness (QED) is 0.376. The van der Waals surface area contributed by atoms with Crippen molar-refractivity contribution in [3.8, 4) is 0 Å². The predicted octanol–water partition coefficient (Wildman–Crippen LogP) is 4.22. The Morgan fingerprint density at radius 3 is 2.23 bits per heavy atom. The number of hydrogen-bond acceptors (Lipinski definition) is 8. The number of sulfone groups is 1. The molecule has 2 rings (SSSR count). The highest BCUT2D eigenvalue weighted by Gasteiger charge is 2.19. The van der Waals surface area contributed by atoms with Gasteiger partial charge in [0, 0.05) is 44.1 Å². The van der Waals surface area contributed by atoms with Crippen LogP contribution in [0.5, 0.6) is 0 Å². The third kappa shape index (κ3) is 5.60. The maximum absolute atomic E-state index is 12.1. The molecule has 0 fully saturated rings. The molecule has 0 bridgehead atoms. The van der Waals surface area contributed by atoms with E-state index < -0.39 is 14.8 Å². The minimum Gasteiger partial charge on any atom is -0.372 e. The average molecular weight is 433 g/mol. The molecule has 0 heterocycles. The largest absolute Gasteiger partial charge is 0.372 e. The number of amides is 1. The second-order valence-electron chi connectivity index (χ2n) is 6.44. The molecule has 0 aliphatic carbocycles. The summed E-state index contributed by atoms with van der Waals surface area (Å²) in [5, 5.41) is 21.7. The van der Waals surface area contributed by atoms with Crippen LogP contribution < -0.4 is 10.2 Å². The third-order valence-electron chi connectivity index (χ3n) is 4.24. The lowest BCUT2D eigenvalue weighted by Crippen LogP contribution is -2.21. The van der Waals surface area contributed by atoms with E-state index in [9.17, 15) is 23.3 Å². The fourth-order valence-electron chi connectivity index (χ4n) is 2.79. The van der Waals surface area contributed by atoms with Crippen molar-refractivity contribution >= 4 is 44.2 Å². The smallest absolute Gasteiger partial charge is 0.270 e. The standard InChI is InChI=1S/C19H23N5O5S/c1-5-23(6-2)14-7-9-16(18(11-14)20-13(3)25)21-22-17-10-8-15(24(26)27)12-19(17)30(4,28)29/h7-12H,5-6H2,1-4H3,(H,20,25). The van der Waals surface area contributed by atoms with Gasteiger partial charge in [-0.25, -0.2) is 8.42 Å². The summed E-state index contributed by atoms with van der Waals surface area (Å²) in [6, 6.07) is 8.56. The number of nitrogens with zero attached hydrogens (tertiary/aromatic N) is 4. The number of benzene rings is 2. The molecule has 0 saturated heterocycles. The zero-order chi connectivity index (χ0) is 22.5.